The minimum absolute atomic E-state index is 0.129. The lowest BCUT2D eigenvalue weighted by Crippen LogP contribution is -2.11. The molecule has 5 heteroatoms. The number of anilines is 1. The summed E-state index contributed by atoms with van der Waals surface area (Å²) >= 11 is 0. The maximum Gasteiger partial charge on any atom is 0.346 e. The predicted octanol–water partition coefficient (Wildman–Crippen LogP) is 2.66. The summed E-state index contributed by atoms with van der Waals surface area (Å²) in [5.74, 6) is -0.322. The number of rotatable bonds is 3. The molecule has 0 aliphatic rings. The number of nitrogens with two attached hydrogens (primary N) is 1. The monoisotopic (exact) mass is 261 g/mol. The van der Waals surface area contributed by atoms with E-state index in [4.69, 9.17) is 14.9 Å². The maximum atomic E-state index is 12.0. The van der Waals surface area contributed by atoms with Gasteiger partial charge in [0.15, 0.2) is 0 Å². The Hall–Kier alpha value is -2.43. The first-order valence-electron chi connectivity index (χ1n) is 5.90. The van der Waals surface area contributed by atoms with Crippen LogP contribution in [0.25, 0.3) is 16.5 Å². The van der Waals surface area contributed by atoms with Crippen molar-refractivity contribution >= 4 is 22.2 Å². The second-order valence-corrected chi connectivity index (χ2v) is 4.04. The van der Waals surface area contributed by atoms with Gasteiger partial charge in [0.2, 0.25) is 0 Å². The van der Waals surface area contributed by atoms with Crippen molar-refractivity contribution in [3.63, 3.8) is 0 Å². The van der Waals surface area contributed by atoms with E-state index in [0.717, 1.165) is 0 Å². The third-order valence-electron chi connectivity index (χ3n) is 2.83. The van der Waals surface area contributed by atoms with Crippen LogP contribution in [0.1, 0.15) is 19.4 Å². The lowest BCUT2D eigenvalue weighted by atomic mass is 10.1. The lowest BCUT2D eigenvalue weighted by molar-refractivity contribution is 0.105. The van der Waals surface area contributed by atoms with Gasteiger partial charge in [-0.1, -0.05) is 12.1 Å². The van der Waals surface area contributed by atoms with Crippen molar-refractivity contribution in [1.29, 1.82) is 0 Å². The fourth-order valence-electron chi connectivity index (χ4n) is 1.88. The van der Waals surface area contributed by atoms with Crippen LogP contribution in [-0.2, 0) is 4.74 Å². The number of hydrogen-bond donors (Lipinski definition) is 2. The average Bonchev–Trinajstić information content (AvgIpc) is 2.38. The summed E-state index contributed by atoms with van der Waals surface area (Å²) in [5.41, 5.74) is 6.48. The van der Waals surface area contributed by atoms with Crippen molar-refractivity contribution in [2.45, 2.75) is 13.8 Å². The molecule has 0 saturated carbocycles. The van der Waals surface area contributed by atoms with Gasteiger partial charge in [-0.15, -0.1) is 0 Å². The quantitative estimate of drug-likeness (QED) is 0.655. The Bertz CT molecular complexity index is 700. The van der Waals surface area contributed by atoms with Gasteiger partial charge in [0.25, 0.3) is 5.95 Å². The summed E-state index contributed by atoms with van der Waals surface area (Å²) in [6.45, 7) is 3.58. The van der Waals surface area contributed by atoms with Crippen LogP contribution in [0.3, 0.4) is 0 Å². The van der Waals surface area contributed by atoms with E-state index in [2.05, 4.69) is 0 Å². The van der Waals surface area contributed by atoms with Crippen molar-refractivity contribution in [1.82, 2.24) is 0 Å². The third-order valence-corrected chi connectivity index (χ3v) is 2.83. The normalized spacial score (nSPS) is 12.3. The molecule has 0 aliphatic carbocycles. The standard InChI is InChI=1S/C14H15NO4/c1-3-18-13(16)8(2)11-12(15)9-6-4-5-7-10(9)19-14(11)17/h4-7,16H,3,15H2,1-2H3/b13-8+. The van der Waals surface area contributed by atoms with Crippen LogP contribution in [0.5, 0.6) is 0 Å². The lowest BCUT2D eigenvalue weighted by Gasteiger charge is -2.09. The smallest absolute Gasteiger partial charge is 0.346 e. The first kappa shape index (κ1) is 13.0. The molecule has 5 nitrogen and oxygen atoms in total. The number of nitrogen functional groups attached to an aromatic ring is 1. The van der Waals surface area contributed by atoms with Crippen molar-refractivity contribution in [3.05, 3.63) is 46.2 Å². The van der Waals surface area contributed by atoms with E-state index >= 15 is 0 Å². The zero-order valence-corrected chi connectivity index (χ0v) is 10.8. The number of aliphatic hydroxyl groups excluding tert-OH is 1. The Labute approximate surface area is 109 Å². The fraction of sp³-hybridized carbons (Fsp3) is 0.214. The first-order chi connectivity index (χ1) is 9.06. The molecular formula is C14H15NO4. The van der Waals surface area contributed by atoms with Gasteiger partial charge >= 0.3 is 5.63 Å². The van der Waals surface area contributed by atoms with Crippen LogP contribution in [0, 0.1) is 0 Å². The molecule has 2 rings (SSSR count). The van der Waals surface area contributed by atoms with E-state index in [1.165, 1.54) is 0 Å². The van der Waals surface area contributed by atoms with Crippen LogP contribution in [0.2, 0.25) is 0 Å². The largest absolute Gasteiger partial charge is 0.481 e. The second kappa shape index (κ2) is 5.06. The van der Waals surface area contributed by atoms with E-state index in [0.29, 0.717) is 17.6 Å². The number of allylic oxidation sites excluding steroid dienone is 1. The molecular weight excluding hydrogens is 246 g/mol. The number of fused-ring (bicyclic) bond motifs is 1. The minimum atomic E-state index is -0.597. The Morgan fingerprint density at radius 1 is 1.42 bits per heavy atom. The van der Waals surface area contributed by atoms with Crippen LogP contribution in [0.15, 0.2) is 39.4 Å². The van der Waals surface area contributed by atoms with Crippen molar-refractivity contribution in [2.24, 2.45) is 0 Å². The molecule has 1 aromatic carbocycles. The number of benzene rings is 1. The summed E-state index contributed by atoms with van der Waals surface area (Å²) in [5, 5.41) is 10.3. The molecule has 3 N–H and O–H groups in total. The number of hydrogen-bond acceptors (Lipinski definition) is 5. The Morgan fingerprint density at radius 2 is 2.11 bits per heavy atom. The number of aliphatic hydroxyl groups is 1. The predicted molar refractivity (Wildman–Crippen MR) is 73.7 cm³/mol. The zero-order chi connectivity index (χ0) is 14.0. The highest BCUT2D eigenvalue weighted by atomic mass is 16.6. The van der Waals surface area contributed by atoms with Gasteiger partial charge in [0, 0.05) is 11.0 Å². The van der Waals surface area contributed by atoms with Crippen LogP contribution < -0.4 is 11.4 Å². The Balaban J connectivity index is 2.74. The van der Waals surface area contributed by atoms with Crippen molar-refractivity contribution in [2.75, 3.05) is 12.3 Å². The third kappa shape index (κ3) is 2.27. The van der Waals surface area contributed by atoms with Gasteiger partial charge in [-0.2, -0.15) is 0 Å². The highest BCUT2D eigenvalue weighted by Crippen LogP contribution is 2.27. The molecule has 0 amide bonds. The van der Waals surface area contributed by atoms with E-state index in [1.807, 2.05) is 0 Å². The molecule has 0 spiro atoms. The highest BCUT2D eigenvalue weighted by molar-refractivity contribution is 5.94. The summed E-state index contributed by atoms with van der Waals surface area (Å²) in [4.78, 5) is 12.0. The van der Waals surface area contributed by atoms with Gasteiger partial charge in [-0.05, 0) is 26.0 Å². The van der Waals surface area contributed by atoms with Gasteiger partial charge < -0.3 is 20.0 Å². The second-order valence-electron chi connectivity index (χ2n) is 4.04. The topological polar surface area (TPSA) is 85.7 Å². The molecule has 0 saturated heterocycles. The van der Waals surface area contributed by atoms with Gasteiger partial charge in [0.05, 0.1) is 17.9 Å². The summed E-state index contributed by atoms with van der Waals surface area (Å²) in [6.07, 6.45) is 0. The van der Waals surface area contributed by atoms with E-state index < -0.39 is 5.63 Å². The van der Waals surface area contributed by atoms with E-state index in [-0.39, 0.29) is 22.8 Å². The molecule has 100 valence electrons. The SMILES string of the molecule is CCO/C(O)=C(\C)c1c(N)c2ccccc2oc1=O. The molecule has 0 aliphatic heterocycles. The first-order valence-corrected chi connectivity index (χ1v) is 5.90. The van der Waals surface area contributed by atoms with E-state index in [1.54, 1.807) is 38.1 Å². The minimum Gasteiger partial charge on any atom is -0.481 e. The van der Waals surface area contributed by atoms with Crippen LogP contribution in [-0.4, -0.2) is 11.7 Å². The van der Waals surface area contributed by atoms with Crippen LogP contribution >= 0.6 is 0 Å². The van der Waals surface area contributed by atoms with Gasteiger partial charge in [-0.25, -0.2) is 4.79 Å². The highest BCUT2D eigenvalue weighted by Gasteiger charge is 2.17. The molecule has 1 heterocycles. The van der Waals surface area contributed by atoms with Crippen LogP contribution in [0.4, 0.5) is 5.69 Å². The molecule has 0 unspecified atom stereocenters. The van der Waals surface area contributed by atoms with Gasteiger partial charge in [-0.3, -0.25) is 0 Å². The Kier molecular flexibility index (Phi) is 3.46. The van der Waals surface area contributed by atoms with Crippen molar-refractivity contribution in [3.8, 4) is 0 Å². The maximum absolute atomic E-state index is 12.0. The zero-order valence-electron chi connectivity index (χ0n) is 10.8. The average molecular weight is 261 g/mol. The Morgan fingerprint density at radius 3 is 2.79 bits per heavy atom. The van der Waals surface area contributed by atoms with Crippen molar-refractivity contribution < 1.29 is 14.3 Å². The summed E-state index contributed by atoms with van der Waals surface area (Å²) in [7, 11) is 0. The van der Waals surface area contributed by atoms with E-state index in [9.17, 15) is 9.90 Å². The molecule has 0 fully saturated rings. The fourth-order valence-corrected chi connectivity index (χ4v) is 1.88. The number of ether oxygens (including phenoxy) is 1. The molecule has 2 aromatic rings. The number of para-hydroxylation sites is 1. The van der Waals surface area contributed by atoms with Gasteiger partial charge in [0.1, 0.15) is 5.58 Å². The molecule has 0 radical (unpaired) electrons. The molecule has 1 aromatic heterocycles. The molecule has 19 heavy (non-hydrogen) atoms. The molecule has 0 atom stereocenters. The summed E-state index contributed by atoms with van der Waals surface area (Å²) in [6, 6.07) is 6.97. The molecule has 0 bridgehead atoms. The summed E-state index contributed by atoms with van der Waals surface area (Å²) < 4.78 is 10.2.